The van der Waals surface area contributed by atoms with Gasteiger partial charge >= 0.3 is 0 Å². The normalized spacial score (nSPS) is 17.4. The van der Waals surface area contributed by atoms with Crippen molar-refractivity contribution in [1.29, 1.82) is 0 Å². The second-order valence-corrected chi connectivity index (χ2v) is 5.97. The number of Topliss-reactive ketones (excluding diaryl/α,β-unsaturated/α-hetero) is 1. The summed E-state index contributed by atoms with van der Waals surface area (Å²) in [5.41, 5.74) is 3.89. The smallest absolute Gasteiger partial charge is 0.226 e. The van der Waals surface area contributed by atoms with E-state index in [0.29, 0.717) is 11.9 Å². The zero-order valence-electron chi connectivity index (χ0n) is 13.3. The van der Waals surface area contributed by atoms with Crippen molar-refractivity contribution < 1.29 is 4.79 Å². The highest BCUT2D eigenvalue weighted by atomic mass is 16.1. The largest absolute Gasteiger partial charge is 0.328 e. The highest BCUT2D eigenvalue weighted by molar-refractivity contribution is 5.96. The van der Waals surface area contributed by atoms with Crippen LogP contribution in [0.1, 0.15) is 50.8 Å². The van der Waals surface area contributed by atoms with Crippen LogP contribution in [0, 0.1) is 0 Å². The van der Waals surface area contributed by atoms with E-state index >= 15 is 0 Å². The van der Waals surface area contributed by atoms with Crippen molar-refractivity contribution in [3.05, 3.63) is 53.0 Å². The molecule has 3 rings (SSSR count). The standard InChI is InChI=1S/C17H20N4O/c1-10(2)13-5-7-14(8-6-13)16-15(12(4)22)11(3)20-17-18-9-19-21(16)17/h5-10,16H,1-4H3,(H,18,19,20). The number of rotatable bonds is 3. The van der Waals surface area contributed by atoms with Crippen LogP contribution in [0.2, 0.25) is 0 Å². The molecule has 5 heteroatoms. The fraction of sp³-hybridized carbons (Fsp3) is 0.353. The van der Waals surface area contributed by atoms with E-state index in [1.165, 1.54) is 11.9 Å². The second kappa shape index (κ2) is 5.40. The Morgan fingerprint density at radius 2 is 1.95 bits per heavy atom. The van der Waals surface area contributed by atoms with Crippen molar-refractivity contribution >= 4 is 11.7 Å². The highest BCUT2D eigenvalue weighted by Gasteiger charge is 2.31. The molecular formula is C17H20N4O. The monoisotopic (exact) mass is 296 g/mol. The molecule has 22 heavy (non-hydrogen) atoms. The molecule has 0 radical (unpaired) electrons. The van der Waals surface area contributed by atoms with Crippen molar-refractivity contribution in [2.45, 2.75) is 39.7 Å². The van der Waals surface area contributed by atoms with Crippen molar-refractivity contribution in [2.24, 2.45) is 0 Å². The number of carbonyl (C=O) groups excluding carboxylic acids is 1. The summed E-state index contributed by atoms with van der Waals surface area (Å²) in [7, 11) is 0. The zero-order valence-corrected chi connectivity index (χ0v) is 13.3. The number of hydrogen-bond donors (Lipinski definition) is 1. The van der Waals surface area contributed by atoms with Gasteiger partial charge in [-0.1, -0.05) is 38.1 Å². The van der Waals surface area contributed by atoms with Crippen molar-refractivity contribution in [3.8, 4) is 0 Å². The van der Waals surface area contributed by atoms with E-state index in [2.05, 4.69) is 53.5 Å². The maximum Gasteiger partial charge on any atom is 0.226 e. The van der Waals surface area contributed by atoms with Gasteiger partial charge in [-0.25, -0.2) is 4.68 Å². The van der Waals surface area contributed by atoms with Gasteiger partial charge in [0, 0.05) is 11.3 Å². The molecule has 1 unspecified atom stereocenters. The number of nitrogens with one attached hydrogen (secondary N) is 1. The van der Waals surface area contributed by atoms with E-state index in [-0.39, 0.29) is 11.8 Å². The lowest BCUT2D eigenvalue weighted by atomic mass is 9.91. The first-order chi connectivity index (χ1) is 10.5. The van der Waals surface area contributed by atoms with Crippen LogP contribution in [0.3, 0.4) is 0 Å². The predicted octanol–water partition coefficient (Wildman–Crippen LogP) is 3.28. The van der Waals surface area contributed by atoms with Crippen LogP contribution < -0.4 is 5.32 Å². The highest BCUT2D eigenvalue weighted by Crippen LogP contribution is 2.35. The molecule has 1 aliphatic rings. The van der Waals surface area contributed by atoms with E-state index < -0.39 is 0 Å². The number of carbonyl (C=O) groups is 1. The predicted molar refractivity (Wildman–Crippen MR) is 85.7 cm³/mol. The molecule has 1 N–H and O–H groups in total. The SMILES string of the molecule is CC(=O)C1=C(C)Nc2ncnn2C1c1ccc(C(C)C)cc1. The van der Waals surface area contributed by atoms with Gasteiger partial charge in [-0.2, -0.15) is 10.1 Å². The van der Waals surface area contributed by atoms with Crippen LogP contribution in [0.15, 0.2) is 41.9 Å². The van der Waals surface area contributed by atoms with Gasteiger partial charge in [-0.3, -0.25) is 4.79 Å². The topological polar surface area (TPSA) is 59.8 Å². The fourth-order valence-corrected chi connectivity index (χ4v) is 2.92. The minimum absolute atomic E-state index is 0.0455. The van der Waals surface area contributed by atoms with E-state index in [0.717, 1.165) is 16.8 Å². The van der Waals surface area contributed by atoms with E-state index in [9.17, 15) is 4.79 Å². The molecule has 0 aliphatic carbocycles. The molecule has 114 valence electrons. The Kier molecular flexibility index (Phi) is 3.56. The lowest BCUT2D eigenvalue weighted by Gasteiger charge is -2.28. The Balaban J connectivity index is 2.12. The van der Waals surface area contributed by atoms with Crippen molar-refractivity contribution in [2.75, 3.05) is 5.32 Å². The minimum Gasteiger partial charge on any atom is -0.328 e. The molecule has 0 saturated carbocycles. The third-order valence-electron chi connectivity index (χ3n) is 4.09. The molecule has 2 heterocycles. The maximum atomic E-state index is 12.1. The molecule has 1 atom stereocenters. The third-order valence-corrected chi connectivity index (χ3v) is 4.09. The number of benzene rings is 1. The molecule has 0 bridgehead atoms. The van der Waals surface area contributed by atoms with Gasteiger partial charge in [0.25, 0.3) is 0 Å². The average molecular weight is 296 g/mol. The van der Waals surface area contributed by atoms with Gasteiger partial charge in [-0.15, -0.1) is 0 Å². The summed E-state index contributed by atoms with van der Waals surface area (Å²) in [4.78, 5) is 16.4. The summed E-state index contributed by atoms with van der Waals surface area (Å²) in [6.45, 7) is 7.84. The van der Waals surface area contributed by atoms with E-state index in [4.69, 9.17) is 0 Å². The Bertz CT molecular complexity index is 740. The number of anilines is 1. The zero-order chi connectivity index (χ0) is 15.9. The van der Waals surface area contributed by atoms with Gasteiger partial charge in [0.2, 0.25) is 5.95 Å². The Morgan fingerprint density at radius 3 is 2.55 bits per heavy atom. The fourth-order valence-electron chi connectivity index (χ4n) is 2.92. The summed E-state index contributed by atoms with van der Waals surface area (Å²) in [6.07, 6.45) is 1.51. The van der Waals surface area contributed by atoms with Crippen molar-refractivity contribution in [3.63, 3.8) is 0 Å². The molecule has 0 spiro atoms. The van der Waals surface area contributed by atoms with Gasteiger partial charge in [0.15, 0.2) is 5.78 Å². The minimum atomic E-state index is -0.225. The quantitative estimate of drug-likeness (QED) is 0.944. The number of nitrogens with zero attached hydrogens (tertiary/aromatic N) is 3. The Labute approximate surface area is 130 Å². The van der Waals surface area contributed by atoms with Gasteiger partial charge in [0.05, 0.1) is 0 Å². The van der Waals surface area contributed by atoms with Crippen LogP contribution >= 0.6 is 0 Å². The molecule has 1 aromatic heterocycles. The summed E-state index contributed by atoms with van der Waals surface area (Å²) in [6, 6.07) is 8.16. The molecule has 0 saturated heterocycles. The Morgan fingerprint density at radius 1 is 1.27 bits per heavy atom. The van der Waals surface area contributed by atoms with Crippen LogP contribution in [0.25, 0.3) is 0 Å². The summed E-state index contributed by atoms with van der Waals surface area (Å²) in [5, 5.41) is 7.44. The summed E-state index contributed by atoms with van der Waals surface area (Å²) < 4.78 is 1.77. The molecule has 1 aliphatic heterocycles. The number of hydrogen-bond acceptors (Lipinski definition) is 4. The van der Waals surface area contributed by atoms with Crippen LogP contribution in [-0.4, -0.2) is 20.5 Å². The number of allylic oxidation sites excluding steroid dienone is 2. The average Bonchev–Trinajstić information content (AvgIpc) is 2.93. The molecule has 5 nitrogen and oxygen atoms in total. The van der Waals surface area contributed by atoms with Crippen LogP contribution in [0.5, 0.6) is 0 Å². The van der Waals surface area contributed by atoms with Gasteiger partial charge in [-0.05, 0) is 30.9 Å². The lowest BCUT2D eigenvalue weighted by molar-refractivity contribution is -0.114. The number of aromatic nitrogens is 3. The Hall–Kier alpha value is -2.43. The second-order valence-electron chi connectivity index (χ2n) is 5.97. The molecule has 0 amide bonds. The van der Waals surface area contributed by atoms with Crippen molar-refractivity contribution in [1.82, 2.24) is 14.8 Å². The summed E-state index contributed by atoms with van der Waals surface area (Å²) in [5.74, 6) is 1.19. The third kappa shape index (κ3) is 2.32. The molecule has 1 aromatic carbocycles. The number of fused-ring (bicyclic) bond motifs is 1. The van der Waals surface area contributed by atoms with Crippen LogP contribution in [-0.2, 0) is 4.79 Å². The van der Waals surface area contributed by atoms with Crippen LogP contribution in [0.4, 0.5) is 5.95 Å². The maximum absolute atomic E-state index is 12.1. The number of ketones is 1. The van der Waals surface area contributed by atoms with E-state index in [1.807, 2.05) is 6.92 Å². The first-order valence-electron chi connectivity index (χ1n) is 7.47. The molecule has 2 aromatic rings. The van der Waals surface area contributed by atoms with E-state index in [1.54, 1.807) is 11.6 Å². The molecule has 0 fully saturated rings. The first kappa shape index (κ1) is 14.5. The lowest BCUT2D eigenvalue weighted by Crippen LogP contribution is -2.27. The molecular weight excluding hydrogens is 276 g/mol. The first-order valence-corrected chi connectivity index (χ1v) is 7.47. The van der Waals surface area contributed by atoms with Gasteiger partial charge in [0.1, 0.15) is 12.4 Å². The van der Waals surface area contributed by atoms with Gasteiger partial charge < -0.3 is 5.32 Å². The summed E-state index contributed by atoms with van der Waals surface area (Å²) >= 11 is 0.